The minimum absolute atomic E-state index is 0.133. The van der Waals surface area contributed by atoms with Crippen LogP contribution in [-0.2, 0) is 26.6 Å². The number of aromatic nitrogens is 3. The van der Waals surface area contributed by atoms with Crippen LogP contribution in [0.1, 0.15) is 18.0 Å². The van der Waals surface area contributed by atoms with E-state index in [1.807, 2.05) is 0 Å². The number of sulfone groups is 1. The molecular weight excluding hydrogens is 480 g/mol. The minimum atomic E-state index is -4.06. The Balaban J connectivity index is 1.60. The van der Waals surface area contributed by atoms with Crippen molar-refractivity contribution in [2.45, 2.75) is 13.0 Å². The van der Waals surface area contributed by atoms with E-state index >= 15 is 0 Å². The van der Waals surface area contributed by atoms with E-state index in [1.165, 1.54) is 18.3 Å². The molecule has 0 radical (unpaired) electrons. The Morgan fingerprint density at radius 1 is 1.06 bits per heavy atom. The Morgan fingerprint density at radius 3 is 2.33 bits per heavy atom. The van der Waals surface area contributed by atoms with Crippen LogP contribution in [0.4, 0.5) is 14.5 Å². The normalized spacial score (nSPS) is 16.7. The fourth-order valence-electron chi connectivity index (χ4n) is 3.20. The van der Waals surface area contributed by atoms with E-state index in [1.54, 1.807) is 30.3 Å². The molecule has 0 spiro atoms. The highest BCUT2D eigenvalue weighted by Gasteiger charge is 2.35. The standard InChI is InChI=1S/C19H19F2N5O5S2/c20-17(21)19-24-23-18(31-19)14-6-7-15(22-12-14)13-26(16-4-2-1-3-5-16)33(29,30)25-8-10-32(27,28)11-9-25/h1-7,12,17H,8-11,13H2. The SMILES string of the molecule is O=S1(=O)CCN(S(=O)(=O)N(Cc2ccc(-c3nnc(C(F)F)o3)cn2)c2ccccc2)CC1. The summed E-state index contributed by atoms with van der Waals surface area (Å²) in [6, 6.07) is 11.4. The van der Waals surface area contributed by atoms with Crippen LogP contribution in [0.5, 0.6) is 0 Å². The molecule has 1 saturated heterocycles. The van der Waals surface area contributed by atoms with Gasteiger partial charge in [0.15, 0.2) is 9.84 Å². The lowest BCUT2D eigenvalue weighted by Gasteiger charge is -2.33. The van der Waals surface area contributed by atoms with Gasteiger partial charge >= 0.3 is 16.6 Å². The molecule has 0 atom stereocenters. The Morgan fingerprint density at radius 2 is 1.76 bits per heavy atom. The van der Waals surface area contributed by atoms with Gasteiger partial charge in [0.25, 0.3) is 5.89 Å². The quantitative estimate of drug-likeness (QED) is 0.483. The highest BCUT2D eigenvalue weighted by Crippen LogP contribution is 2.26. The maximum Gasteiger partial charge on any atom is 0.314 e. The smallest absolute Gasteiger partial charge is 0.314 e. The Labute approximate surface area is 189 Å². The number of rotatable bonds is 7. The Kier molecular flexibility index (Phi) is 6.41. The second-order valence-electron chi connectivity index (χ2n) is 7.19. The number of alkyl halides is 2. The van der Waals surface area contributed by atoms with Gasteiger partial charge in [0.1, 0.15) is 0 Å². The van der Waals surface area contributed by atoms with Gasteiger partial charge in [0, 0.05) is 19.3 Å². The summed E-state index contributed by atoms with van der Waals surface area (Å²) in [4.78, 5) is 4.22. The number of halogens is 2. The third-order valence-electron chi connectivity index (χ3n) is 4.96. The van der Waals surface area contributed by atoms with Gasteiger partial charge in [-0.1, -0.05) is 18.2 Å². The molecule has 1 aliphatic heterocycles. The molecule has 0 aliphatic carbocycles. The molecule has 176 valence electrons. The number of hydrogen-bond acceptors (Lipinski definition) is 8. The summed E-state index contributed by atoms with van der Waals surface area (Å²) in [5.41, 5.74) is 1.05. The van der Waals surface area contributed by atoms with E-state index in [9.17, 15) is 25.6 Å². The van der Waals surface area contributed by atoms with Crippen LogP contribution >= 0.6 is 0 Å². The fraction of sp³-hybridized carbons (Fsp3) is 0.316. The molecule has 0 saturated carbocycles. The lowest BCUT2D eigenvalue weighted by molar-refractivity contribution is 0.116. The molecule has 33 heavy (non-hydrogen) atoms. The molecule has 3 heterocycles. The number of benzene rings is 1. The molecule has 0 bridgehead atoms. The molecule has 14 heteroatoms. The number of pyridine rings is 1. The van der Waals surface area contributed by atoms with Crippen molar-refractivity contribution >= 4 is 25.7 Å². The van der Waals surface area contributed by atoms with Gasteiger partial charge in [-0.25, -0.2) is 8.42 Å². The average molecular weight is 500 g/mol. The van der Waals surface area contributed by atoms with E-state index in [2.05, 4.69) is 15.2 Å². The van der Waals surface area contributed by atoms with Crippen LogP contribution in [0.3, 0.4) is 0 Å². The molecule has 0 N–H and O–H groups in total. The van der Waals surface area contributed by atoms with E-state index in [0.717, 1.165) is 8.61 Å². The summed E-state index contributed by atoms with van der Waals surface area (Å²) in [5.74, 6) is -1.43. The average Bonchev–Trinajstić information content (AvgIpc) is 3.29. The predicted octanol–water partition coefficient (Wildman–Crippen LogP) is 2.05. The van der Waals surface area contributed by atoms with Gasteiger partial charge in [0.2, 0.25) is 5.89 Å². The van der Waals surface area contributed by atoms with Gasteiger partial charge < -0.3 is 4.42 Å². The van der Waals surface area contributed by atoms with Crippen LogP contribution in [0.15, 0.2) is 53.1 Å². The number of anilines is 1. The largest absolute Gasteiger partial charge is 0.415 e. The maximum atomic E-state index is 13.4. The Hall–Kier alpha value is -2.97. The summed E-state index contributed by atoms with van der Waals surface area (Å²) in [6.45, 7) is -0.407. The molecule has 0 unspecified atom stereocenters. The van der Waals surface area contributed by atoms with Crippen LogP contribution in [0, 0.1) is 0 Å². The molecule has 4 rings (SSSR count). The monoisotopic (exact) mass is 499 g/mol. The molecule has 1 aromatic carbocycles. The first-order valence-corrected chi connectivity index (χ1v) is 13.0. The predicted molar refractivity (Wildman–Crippen MR) is 114 cm³/mol. The Bertz CT molecular complexity index is 1300. The third-order valence-corrected chi connectivity index (χ3v) is 8.48. The van der Waals surface area contributed by atoms with Crippen LogP contribution in [0.25, 0.3) is 11.5 Å². The fourth-order valence-corrected chi connectivity index (χ4v) is 6.24. The van der Waals surface area contributed by atoms with Gasteiger partial charge in [-0.15, -0.1) is 10.2 Å². The van der Waals surface area contributed by atoms with Crippen molar-refractivity contribution < 1.29 is 30.0 Å². The second kappa shape index (κ2) is 9.11. The third kappa shape index (κ3) is 5.17. The topological polar surface area (TPSA) is 127 Å². The van der Waals surface area contributed by atoms with Crippen molar-refractivity contribution in [1.29, 1.82) is 0 Å². The van der Waals surface area contributed by atoms with Crippen molar-refractivity contribution in [3.8, 4) is 11.5 Å². The summed E-state index contributed by atoms with van der Waals surface area (Å²) in [5, 5.41) is 6.83. The first-order valence-electron chi connectivity index (χ1n) is 9.76. The zero-order valence-electron chi connectivity index (χ0n) is 17.1. The van der Waals surface area contributed by atoms with Gasteiger partial charge in [0.05, 0.1) is 35.0 Å². The van der Waals surface area contributed by atoms with Gasteiger partial charge in [-0.05, 0) is 24.3 Å². The molecule has 3 aromatic rings. The highest BCUT2D eigenvalue weighted by molar-refractivity contribution is 7.92. The number of hydrogen-bond donors (Lipinski definition) is 0. The van der Waals surface area contributed by atoms with E-state index in [0.29, 0.717) is 16.9 Å². The van der Waals surface area contributed by atoms with E-state index in [4.69, 9.17) is 4.42 Å². The zero-order chi connectivity index (χ0) is 23.6. The lowest BCUT2D eigenvalue weighted by Crippen LogP contribution is -2.50. The van der Waals surface area contributed by atoms with E-state index in [-0.39, 0.29) is 37.0 Å². The van der Waals surface area contributed by atoms with Crippen LogP contribution in [0.2, 0.25) is 0 Å². The zero-order valence-corrected chi connectivity index (χ0v) is 18.7. The van der Waals surface area contributed by atoms with E-state index < -0.39 is 32.4 Å². The lowest BCUT2D eigenvalue weighted by atomic mass is 10.2. The highest BCUT2D eigenvalue weighted by atomic mass is 32.2. The maximum absolute atomic E-state index is 13.4. The van der Waals surface area contributed by atoms with Crippen molar-refractivity contribution in [1.82, 2.24) is 19.5 Å². The minimum Gasteiger partial charge on any atom is -0.415 e. The number of nitrogens with zero attached hydrogens (tertiary/aromatic N) is 5. The second-order valence-corrected chi connectivity index (χ2v) is 11.3. The molecule has 0 amide bonds. The summed E-state index contributed by atoms with van der Waals surface area (Å²) in [7, 11) is -7.32. The van der Waals surface area contributed by atoms with Crippen molar-refractivity contribution in [3.05, 3.63) is 60.2 Å². The van der Waals surface area contributed by atoms with Crippen molar-refractivity contribution in [2.75, 3.05) is 28.9 Å². The molecular formula is C19H19F2N5O5S2. The van der Waals surface area contributed by atoms with Gasteiger partial charge in [-0.3, -0.25) is 9.29 Å². The first-order chi connectivity index (χ1) is 15.7. The molecule has 1 fully saturated rings. The van der Waals surface area contributed by atoms with Crippen molar-refractivity contribution in [2.24, 2.45) is 0 Å². The van der Waals surface area contributed by atoms with Crippen molar-refractivity contribution in [3.63, 3.8) is 0 Å². The van der Waals surface area contributed by atoms with Gasteiger partial charge in [-0.2, -0.15) is 21.5 Å². The summed E-state index contributed by atoms with van der Waals surface area (Å²) in [6.07, 6.45) is -1.57. The molecule has 1 aliphatic rings. The molecule has 2 aromatic heterocycles. The summed E-state index contributed by atoms with van der Waals surface area (Å²) < 4.78 is 82.7. The van der Waals surface area contributed by atoms with Crippen LogP contribution < -0.4 is 4.31 Å². The summed E-state index contributed by atoms with van der Waals surface area (Å²) >= 11 is 0. The first kappa shape index (κ1) is 23.2. The molecule has 10 nitrogen and oxygen atoms in total. The van der Waals surface area contributed by atoms with Crippen LogP contribution in [-0.4, -0.2) is 60.9 Å². The number of para-hydroxylation sites is 1.